The molecular formula is C21H27N5O3. The third-order valence-electron chi connectivity index (χ3n) is 5.43. The second kappa shape index (κ2) is 8.63. The molecule has 0 saturated heterocycles. The van der Waals surface area contributed by atoms with E-state index in [9.17, 15) is 4.79 Å². The first kappa shape index (κ1) is 19.4. The van der Waals surface area contributed by atoms with Gasteiger partial charge in [-0.3, -0.25) is 0 Å². The monoisotopic (exact) mass is 397 g/mol. The average Bonchev–Trinajstić information content (AvgIpc) is 3.20. The molecule has 1 aromatic carbocycles. The van der Waals surface area contributed by atoms with Gasteiger partial charge in [0.25, 0.3) is 0 Å². The van der Waals surface area contributed by atoms with Crippen LogP contribution in [-0.2, 0) is 9.53 Å². The highest BCUT2D eigenvalue weighted by Gasteiger charge is 2.36. The molecule has 0 radical (unpaired) electrons. The number of carbonyl (C=O) groups excluding carboxylic acids is 1. The molecule has 0 spiro atoms. The number of aromatic nitrogens is 4. The van der Waals surface area contributed by atoms with Gasteiger partial charge < -0.3 is 14.8 Å². The van der Waals surface area contributed by atoms with Crippen LogP contribution in [0.5, 0.6) is 5.75 Å². The van der Waals surface area contributed by atoms with Gasteiger partial charge >= 0.3 is 5.97 Å². The van der Waals surface area contributed by atoms with Gasteiger partial charge in [-0.15, -0.1) is 0 Å². The van der Waals surface area contributed by atoms with Crippen LogP contribution in [0.2, 0.25) is 0 Å². The maximum Gasteiger partial charge on any atom is 0.338 e. The molecule has 154 valence electrons. The summed E-state index contributed by atoms with van der Waals surface area (Å²) < 4.78 is 13.2. The Labute approximate surface area is 170 Å². The van der Waals surface area contributed by atoms with Gasteiger partial charge in [-0.1, -0.05) is 30.6 Å². The molecule has 0 amide bonds. The van der Waals surface area contributed by atoms with E-state index >= 15 is 0 Å². The Morgan fingerprint density at radius 2 is 1.97 bits per heavy atom. The van der Waals surface area contributed by atoms with Gasteiger partial charge in [0.05, 0.1) is 12.2 Å². The SMILES string of the molecule is CCCOc1ccc(C2C(C(=O)OC3CCCCC3)=C(C)Nc3nnnn32)cc1. The van der Waals surface area contributed by atoms with Gasteiger partial charge in [0.15, 0.2) is 0 Å². The summed E-state index contributed by atoms with van der Waals surface area (Å²) in [7, 11) is 0. The fourth-order valence-electron chi connectivity index (χ4n) is 3.95. The molecule has 29 heavy (non-hydrogen) atoms. The van der Waals surface area contributed by atoms with Crippen LogP contribution in [0, 0.1) is 0 Å². The number of carbonyl (C=O) groups is 1. The second-order valence-electron chi connectivity index (χ2n) is 7.60. The van der Waals surface area contributed by atoms with Gasteiger partial charge in [-0.25, -0.2) is 4.79 Å². The van der Waals surface area contributed by atoms with Crippen LogP contribution >= 0.6 is 0 Å². The molecule has 2 aliphatic rings. The highest BCUT2D eigenvalue weighted by atomic mass is 16.5. The van der Waals surface area contributed by atoms with E-state index in [0.717, 1.165) is 43.4 Å². The molecule has 1 aliphatic carbocycles. The van der Waals surface area contributed by atoms with Crippen LogP contribution in [0.1, 0.15) is 64.0 Å². The molecular weight excluding hydrogens is 370 g/mol. The molecule has 1 fully saturated rings. The van der Waals surface area contributed by atoms with Crippen LogP contribution < -0.4 is 10.1 Å². The Morgan fingerprint density at radius 3 is 2.69 bits per heavy atom. The lowest BCUT2D eigenvalue weighted by Crippen LogP contribution is -2.32. The highest BCUT2D eigenvalue weighted by Crippen LogP contribution is 2.36. The molecule has 8 heteroatoms. The van der Waals surface area contributed by atoms with Gasteiger partial charge in [0, 0.05) is 5.70 Å². The van der Waals surface area contributed by atoms with E-state index in [2.05, 4.69) is 27.8 Å². The largest absolute Gasteiger partial charge is 0.494 e. The maximum atomic E-state index is 13.2. The van der Waals surface area contributed by atoms with Crippen molar-refractivity contribution in [2.45, 2.75) is 64.5 Å². The molecule has 0 bridgehead atoms. The van der Waals surface area contributed by atoms with Crippen molar-refractivity contribution in [2.75, 3.05) is 11.9 Å². The number of benzene rings is 1. The van der Waals surface area contributed by atoms with Crippen LogP contribution in [-0.4, -0.2) is 38.9 Å². The summed E-state index contributed by atoms with van der Waals surface area (Å²) in [5.74, 6) is 1.00. The Balaban J connectivity index is 1.63. The Hall–Kier alpha value is -2.90. The number of ether oxygens (including phenoxy) is 2. The number of tetrazole rings is 1. The highest BCUT2D eigenvalue weighted by molar-refractivity contribution is 5.92. The lowest BCUT2D eigenvalue weighted by molar-refractivity contribution is -0.146. The fraction of sp³-hybridized carbons (Fsp3) is 0.524. The van der Waals surface area contributed by atoms with E-state index in [0.29, 0.717) is 23.8 Å². The summed E-state index contributed by atoms with van der Waals surface area (Å²) in [5.41, 5.74) is 2.15. The second-order valence-corrected chi connectivity index (χ2v) is 7.60. The smallest absolute Gasteiger partial charge is 0.338 e. The average molecular weight is 397 g/mol. The molecule has 1 unspecified atom stereocenters. The van der Waals surface area contributed by atoms with Crippen molar-refractivity contribution in [1.82, 2.24) is 20.2 Å². The topological polar surface area (TPSA) is 91.2 Å². The molecule has 2 heterocycles. The quantitative estimate of drug-likeness (QED) is 0.744. The van der Waals surface area contributed by atoms with E-state index in [1.807, 2.05) is 31.2 Å². The van der Waals surface area contributed by atoms with Crippen LogP contribution in [0.15, 0.2) is 35.5 Å². The molecule has 2 aromatic rings. The summed E-state index contributed by atoms with van der Waals surface area (Å²) in [5, 5.41) is 15.1. The van der Waals surface area contributed by atoms with Crippen molar-refractivity contribution in [3.63, 3.8) is 0 Å². The standard InChI is InChI=1S/C21H27N5O3/c1-3-13-28-16-11-9-15(10-12-16)19-18(14(2)22-21-23-24-25-26(19)21)20(27)29-17-7-5-4-6-8-17/h9-12,17,19H,3-8,13H2,1-2H3,(H,22,23,25). The van der Waals surface area contributed by atoms with Crippen LogP contribution in [0.25, 0.3) is 0 Å². The zero-order chi connectivity index (χ0) is 20.2. The van der Waals surface area contributed by atoms with Crippen LogP contribution in [0.3, 0.4) is 0 Å². The normalized spacial score (nSPS) is 19.4. The lowest BCUT2D eigenvalue weighted by Gasteiger charge is -2.29. The van der Waals surface area contributed by atoms with Gasteiger partial charge in [-0.2, -0.15) is 4.68 Å². The first-order valence-electron chi connectivity index (χ1n) is 10.4. The molecule has 1 N–H and O–H groups in total. The zero-order valence-corrected chi connectivity index (χ0v) is 16.9. The minimum atomic E-state index is -0.447. The minimum Gasteiger partial charge on any atom is -0.494 e. The summed E-state index contributed by atoms with van der Waals surface area (Å²) in [6, 6.07) is 7.28. The van der Waals surface area contributed by atoms with Crippen molar-refractivity contribution in [3.8, 4) is 5.75 Å². The summed E-state index contributed by atoms with van der Waals surface area (Å²) in [6.45, 7) is 4.60. The zero-order valence-electron chi connectivity index (χ0n) is 16.9. The molecule has 8 nitrogen and oxygen atoms in total. The Bertz CT molecular complexity index is 884. The number of allylic oxidation sites excluding steroid dienone is 1. The number of nitrogens with zero attached hydrogens (tertiary/aromatic N) is 4. The van der Waals surface area contributed by atoms with E-state index < -0.39 is 6.04 Å². The van der Waals surface area contributed by atoms with Gasteiger partial charge in [-0.05, 0) is 67.2 Å². The Morgan fingerprint density at radius 1 is 1.21 bits per heavy atom. The number of hydrogen-bond acceptors (Lipinski definition) is 7. The fourth-order valence-corrected chi connectivity index (χ4v) is 3.95. The summed E-state index contributed by atoms with van der Waals surface area (Å²) in [4.78, 5) is 13.2. The number of hydrogen-bond donors (Lipinski definition) is 1. The number of anilines is 1. The molecule has 1 saturated carbocycles. The molecule has 4 rings (SSSR count). The number of esters is 1. The molecule has 1 aromatic heterocycles. The minimum absolute atomic E-state index is 0.0164. The van der Waals surface area contributed by atoms with Crippen molar-refractivity contribution >= 4 is 11.9 Å². The van der Waals surface area contributed by atoms with Crippen molar-refractivity contribution in [1.29, 1.82) is 0 Å². The van der Waals surface area contributed by atoms with E-state index in [1.54, 1.807) is 4.68 Å². The van der Waals surface area contributed by atoms with E-state index in [1.165, 1.54) is 6.42 Å². The van der Waals surface area contributed by atoms with Crippen molar-refractivity contribution in [2.24, 2.45) is 0 Å². The molecule has 1 atom stereocenters. The number of nitrogens with one attached hydrogen (secondary N) is 1. The molecule has 1 aliphatic heterocycles. The first-order valence-corrected chi connectivity index (χ1v) is 10.4. The van der Waals surface area contributed by atoms with E-state index in [-0.39, 0.29) is 12.1 Å². The van der Waals surface area contributed by atoms with Crippen molar-refractivity contribution in [3.05, 3.63) is 41.1 Å². The Kier molecular flexibility index (Phi) is 5.78. The van der Waals surface area contributed by atoms with Crippen LogP contribution in [0.4, 0.5) is 5.95 Å². The summed E-state index contributed by atoms with van der Waals surface area (Å²) >= 11 is 0. The predicted octanol–water partition coefficient (Wildman–Crippen LogP) is 3.63. The van der Waals surface area contributed by atoms with E-state index in [4.69, 9.17) is 9.47 Å². The first-order chi connectivity index (χ1) is 14.2. The van der Waals surface area contributed by atoms with Crippen molar-refractivity contribution < 1.29 is 14.3 Å². The lowest BCUT2D eigenvalue weighted by atomic mass is 9.95. The van der Waals surface area contributed by atoms with Gasteiger partial charge in [0.1, 0.15) is 17.9 Å². The third kappa shape index (κ3) is 4.11. The third-order valence-corrected chi connectivity index (χ3v) is 5.43. The maximum absolute atomic E-state index is 13.2. The van der Waals surface area contributed by atoms with Gasteiger partial charge in [0.2, 0.25) is 5.95 Å². The number of rotatable bonds is 6. The number of fused-ring (bicyclic) bond motifs is 1. The predicted molar refractivity (Wildman–Crippen MR) is 107 cm³/mol. The summed E-state index contributed by atoms with van der Waals surface area (Å²) in [6.07, 6.45) is 6.20.